The van der Waals surface area contributed by atoms with E-state index < -0.39 is 5.91 Å². The van der Waals surface area contributed by atoms with E-state index in [1.54, 1.807) is 0 Å². The van der Waals surface area contributed by atoms with Gasteiger partial charge in [-0.2, -0.15) is 0 Å². The summed E-state index contributed by atoms with van der Waals surface area (Å²) in [6.07, 6.45) is 1.12. The molecule has 9 heavy (non-hydrogen) atoms. The number of amides is 2. The maximum atomic E-state index is 10.2. The summed E-state index contributed by atoms with van der Waals surface area (Å²) in [6, 6.07) is 0. The van der Waals surface area contributed by atoms with Crippen LogP contribution in [-0.4, -0.2) is 25.6 Å². The van der Waals surface area contributed by atoms with Gasteiger partial charge in [0.25, 0.3) is 5.91 Å². The molecule has 0 unspecified atom stereocenters. The van der Waals surface area contributed by atoms with E-state index in [-0.39, 0.29) is 6.41 Å². The van der Waals surface area contributed by atoms with E-state index in [4.69, 9.17) is 0 Å². The average Bonchev–Trinajstić information content (AvgIpc) is 1.85. The number of rotatable bonds is 3. The van der Waals surface area contributed by atoms with Crippen LogP contribution in [0, 0.1) is 0 Å². The number of carbonyl (C=O) groups is 2. The van der Waals surface area contributed by atoms with Crippen molar-refractivity contribution in [2.24, 2.45) is 5.16 Å². The van der Waals surface area contributed by atoms with Crippen molar-refractivity contribution in [1.29, 1.82) is 0 Å². The molecule has 5 heteroatoms. The molecule has 0 spiro atoms. The zero-order valence-corrected chi connectivity index (χ0v) is 4.83. The molecule has 0 aromatic rings. The molecule has 0 radical (unpaired) electrons. The third kappa shape index (κ3) is 4.46. The maximum absolute atomic E-state index is 10.2. The summed E-state index contributed by atoms with van der Waals surface area (Å²) in [7, 11) is 1.30. The van der Waals surface area contributed by atoms with Gasteiger partial charge >= 0.3 is 0 Å². The lowest BCUT2D eigenvalue weighted by Crippen LogP contribution is -2.21. The first-order valence-electron chi connectivity index (χ1n) is 2.12. The van der Waals surface area contributed by atoms with E-state index in [0.717, 1.165) is 6.21 Å². The largest absolute Gasteiger partial charge is 0.399 e. The Kier molecular flexibility index (Phi) is 4.03. The van der Waals surface area contributed by atoms with E-state index >= 15 is 0 Å². The summed E-state index contributed by atoms with van der Waals surface area (Å²) < 4.78 is 0. The highest BCUT2D eigenvalue weighted by molar-refractivity contribution is 6.28. The third-order valence-electron chi connectivity index (χ3n) is 0.477. The second-order valence-corrected chi connectivity index (χ2v) is 1.04. The minimum atomic E-state index is -0.605. The van der Waals surface area contributed by atoms with Crippen LogP contribution in [0.2, 0.25) is 0 Å². The van der Waals surface area contributed by atoms with Crippen molar-refractivity contribution in [3.05, 3.63) is 0 Å². The Morgan fingerprint density at radius 3 is 2.89 bits per heavy atom. The van der Waals surface area contributed by atoms with Crippen LogP contribution < -0.4 is 5.32 Å². The fourth-order valence-electron chi connectivity index (χ4n) is 0.196. The van der Waals surface area contributed by atoms with Crippen LogP contribution in [0.1, 0.15) is 0 Å². The molecule has 0 aliphatic heterocycles. The Balaban J connectivity index is 3.49. The summed E-state index contributed by atoms with van der Waals surface area (Å²) in [6.45, 7) is 0. The third-order valence-corrected chi connectivity index (χ3v) is 0.477. The molecule has 0 saturated heterocycles. The van der Waals surface area contributed by atoms with Crippen molar-refractivity contribution in [2.45, 2.75) is 0 Å². The maximum Gasteiger partial charge on any atom is 0.272 e. The molecule has 0 aliphatic carbocycles. The van der Waals surface area contributed by atoms with Crippen LogP contribution in [0.5, 0.6) is 0 Å². The summed E-state index contributed by atoms with van der Waals surface area (Å²) in [5.74, 6) is -0.605. The molecule has 0 aromatic carbocycles. The van der Waals surface area contributed by atoms with Crippen LogP contribution >= 0.6 is 0 Å². The second-order valence-electron chi connectivity index (χ2n) is 1.04. The van der Waals surface area contributed by atoms with Gasteiger partial charge in [0, 0.05) is 0 Å². The van der Waals surface area contributed by atoms with Crippen LogP contribution in [0.15, 0.2) is 5.16 Å². The molecule has 0 bridgehead atoms. The number of nitrogens with one attached hydrogen (secondary N) is 1. The fourth-order valence-corrected chi connectivity index (χ4v) is 0.196. The van der Waals surface area contributed by atoms with Crippen molar-refractivity contribution in [1.82, 2.24) is 5.32 Å². The van der Waals surface area contributed by atoms with Gasteiger partial charge in [-0.3, -0.25) is 14.9 Å². The molecule has 0 rings (SSSR count). The number of carbonyl (C=O) groups excluding carboxylic acids is 2. The molecule has 5 nitrogen and oxygen atoms in total. The number of hydrogen-bond donors (Lipinski definition) is 1. The van der Waals surface area contributed by atoms with Gasteiger partial charge in [0.15, 0.2) is 0 Å². The van der Waals surface area contributed by atoms with Crippen LogP contribution in [0.3, 0.4) is 0 Å². The molecular weight excluding hydrogens is 124 g/mol. The van der Waals surface area contributed by atoms with Crippen molar-refractivity contribution in [3.8, 4) is 0 Å². The summed E-state index contributed by atoms with van der Waals surface area (Å²) in [5.41, 5.74) is 0. The van der Waals surface area contributed by atoms with E-state index in [2.05, 4.69) is 9.99 Å². The molecule has 0 aliphatic rings. The standard InChI is InChI=1S/C4H6N2O3/c1-9-6-2-4(8)5-3-7/h2-3H,1H3,(H,5,7,8)/b6-2+. The van der Waals surface area contributed by atoms with Gasteiger partial charge in [-0.25, -0.2) is 0 Å². The highest BCUT2D eigenvalue weighted by Gasteiger charge is 1.89. The summed E-state index contributed by atoms with van der Waals surface area (Å²) >= 11 is 0. The van der Waals surface area contributed by atoms with Crippen molar-refractivity contribution < 1.29 is 14.4 Å². The lowest BCUT2D eigenvalue weighted by molar-refractivity contribution is -0.120. The zero-order chi connectivity index (χ0) is 7.11. The zero-order valence-electron chi connectivity index (χ0n) is 4.83. The minimum Gasteiger partial charge on any atom is -0.399 e. The Bertz CT molecular complexity index is 132. The van der Waals surface area contributed by atoms with Crippen molar-refractivity contribution in [2.75, 3.05) is 7.11 Å². The number of imide groups is 1. The minimum absolute atomic E-state index is 0.268. The monoisotopic (exact) mass is 130 g/mol. The number of nitrogens with zero attached hydrogens (tertiary/aromatic N) is 1. The molecule has 2 amide bonds. The first-order chi connectivity index (χ1) is 4.31. The molecule has 0 atom stereocenters. The highest BCUT2D eigenvalue weighted by atomic mass is 16.6. The Morgan fingerprint density at radius 2 is 2.44 bits per heavy atom. The van der Waals surface area contributed by atoms with E-state index in [1.807, 2.05) is 5.32 Å². The van der Waals surface area contributed by atoms with E-state index in [1.165, 1.54) is 7.11 Å². The molecule has 1 N–H and O–H groups in total. The Hall–Kier alpha value is -1.39. The van der Waals surface area contributed by atoms with Gasteiger partial charge < -0.3 is 4.84 Å². The topological polar surface area (TPSA) is 67.8 Å². The first kappa shape index (κ1) is 7.61. The first-order valence-corrected chi connectivity index (χ1v) is 2.12. The molecule has 0 saturated carbocycles. The molecule has 0 heterocycles. The lowest BCUT2D eigenvalue weighted by atomic mass is 10.7. The summed E-state index contributed by atoms with van der Waals surface area (Å²) in [5, 5.41) is 4.93. The lowest BCUT2D eigenvalue weighted by Gasteiger charge is -1.85. The summed E-state index contributed by atoms with van der Waals surface area (Å²) in [4.78, 5) is 23.9. The molecule has 50 valence electrons. The second kappa shape index (κ2) is 4.76. The molecule has 0 fully saturated rings. The van der Waals surface area contributed by atoms with Crippen LogP contribution in [0.4, 0.5) is 0 Å². The average molecular weight is 130 g/mol. The smallest absolute Gasteiger partial charge is 0.272 e. The van der Waals surface area contributed by atoms with Crippen LogP contribution in [0.25, 0.3) is 0 Å². The van der Waals surface area contributed by atoms with E-state index in [9.17, 15) is 9.59 Å². The fraction of sp³-hybridized carbons (Fsp3) is 0.250. The number of hydrogen-bond acceptors (Lipinski definition) is 4. The predicted molar refractivity (Wildman–Crippen MR) is 29.7 cm³/mol. The van der Waals surface area contributed by atoms with Crippen molar-refractivity contribution in [3.63, 3.8) is 0 Å². The van der Waals surface area contributed by atoms with Gasteiger partial charge in [-0.05, 0) is 0 Å². The normalized spacial score (nSPS) is 9.00. The van der Waals surface area contributed by atoms with Crippen LogP contribution in [-0.2, 0) is 14.4 Å². The van der Waals surface area contributed by atoms with Gasteiger partial charge in [-0.15, -0.1) is 0 Å². The van der Waals surface area contributed by atoms with E-state index in [0.29, 0.717) is 0 Å². The quantitative estimate of drug-likeness (QED) is 0.299. The SMILES string of the molecule is CO/N=C/C(=O)NC=O. The van der Waals surface area contributed by atoms with Crippen molar-refractivity contribution >= 4 is 18.5 Å². The molecule has 0 aromatic heterocycles. The predicted octanol–water partition coefficient (Wildman–Crippen LogP) is -1.11. The van der Waals surface area contributed by atoms with Gasteiger partial charge in [0.1, 0.15) is 13.3 Å². The number of oxime groups is 1. The Morgan fingerprint density at radius 1 is 1.78 bits per heavy atom. The Labute approximate surface area is 51.7 Å². The highest BCUT2D eigenvalue weighted by Crippen LogP contribution is 1.62. The van der Waals surface area contributed by atoms with Gasteiger partial charge in [-0.1, -0.05) is 5.16 Å². The van der Waals surface area contributed by atoms with Gasteiger partial charge in [0.05, 0.1) is 0 Å². The van der Waals surface area contributed by atoms with Gasteiger partial charge in [0.2, 0.25) is 6.41 Å². The molecular formula is C4H6N2O3.